The predicted molar refractivity (Wildman–Crippen MR) is 113 cm³/mol. The van der Waals surface area contributed by atoms with Crippen LogP contribution in [0.15, 0.2) is 79.1 Å². The number of benzene rings is 2. The fraction of sp³-hybridized carbons (Fsp3) is 0.167. The summed E-state index contributed by atoms with van der Waals surface area (Å²) in [6.07, 6.45) is -0.607. The Balaban J connectivity index is 1.39. The maximum Gasteiger partial charge on any atom is 0.416 e. The molecule has 0 unspecified atom stereocenters. The number of hydrogen-bond donors (Lipinski definition) is 0. The number of amides is 1. The minimum atomic E-state index is -4.38. The molecule has 4 aromatic rings. The molecule has 5 nitrogen and oxygen atoms in total. The molecule has 0 bridgehead atoms. The fourth-order valence-electron chi connectivity index (χ4n) is 3.30. The Labute approximate surface area is 182 Å². The Morgan fingerprint density at radius 1 is 1.06 bits per heavy atom. The van der Waals surface area contributed by atoms with Gasteiger partial charge in [-0.25, -0.2) is 4.98 Å². The molecule has 32 heavy (non-hydrogen) atoms. The van der Waals surface area contributed by atoms with Gasteiger partial charge in [0.15, 0.2) is 0 Å². The van der Waals surface area contributed by atoms with Gasteiger partial charge in [-0.05, 0) is 48.0 Å². The van der Waals surface area contributed by atoms with Crippen LogP contribution in [0, 0.1) is 0 Å². The van der Waals surface area contributed by atoms with Crippen LogP contribution in [0.2, 0.25) is 0 Å². The highest BCUT2D eigenvalue weighted by atomic mass is 19.4. The number of halogens is 3. The third kappa shape index (κ3) is 4.91. The summed E-state index contributed by atoms with van der Waals surface area (Å²) in [6, 6.07) is 17.3. The van der Waals surface area contributed by atoms with Gasteiger partial charge in [-0.15, -0.1) is 0 Å². The van der Waals surface area contributed by atoms with Gasteiger partial charge in [-0.2, -0.15) is 13.2 Å². The molecule has 0 fully saturated rings. The Morgan fingerprint density at radius 2 is 1.84 bits per heavy atom. The summed E-state index contributed by atoms with van der Waals surface area (Å²) in [4.78, 5) is 18.7. The lowest BCUT2D eigenvalue weighted by Gasteiger charge is -2.18. The van der Waals surface area contributed by atoms with Crippen LogP contribution in [0.3, 0.4) is 0 Å². The monoisotopic (exact) mass is 439 g/mol. The second kappa shape index (κ2) is 8.74. The van der Waals surface area contributed by atoms with E-state index in [1.165, 1.54) is 17.0 Å². The van der Waals surface area contributed by atoms with Crippen molar-refractivity contribution in [3.05, 3.63) is 102 Å². The van der Waals surface area contributed by atoms with Gasteiger partial charge in [0.2, 0.25) is 0 Å². The van der Waals surface area contributed by atoms with E-state index < -0.39 is 11.7 Å². The molecule has 4 rings (SSSR count). The maximum absolute atomic E-state index is 12.8. The van der Waals surface area contributed by atoms with Crippen LogP contribution in [-0.2, 0) is 19.3 Å². The normalized spacial score (nSPS) is 11.5. The number of ether oxygens (including phenoxy) is 1. The molecule has 0 aliphatic rings. The van der Waals surface area contributed by atoms with Crippen molar-refractivity contribution >= 4 is 11.6 Å². The van der Waals surface area contributed by atoms with Crippen molar-refractivity contribution in [1.29, 1.82) is 0 Å². The van der Waals surface area contributed by atoms with Crippen LogP contribution >= 0.6 is 0 Å². The zero-order chi connectivity index (χ0) is 22.7. The van der Waals surface area contributed by atoms with E-state index >= 15 is 0 Å². The number of rotatable bonds is 6. The van der Waals surface area contributed by atoms with Crippen LogP contribution in [0.25, 0.3) is 5.65 Å². The topological polar surface area (TPSA) is 46.8 Å². The van der Waals surface area contributed by atoms with Crippen molar-refractivity contribution in [1.82, 2.24) is 14.3 Å². The smallest absolute Gasteiger partial charge is 0.416 e. The highest BCUT2D eigenvalue weighted by Gasteiger charge is 2.30. The summed E-state index contributed by atoms with van der Waals surface area (Å²) in [5.74, 6) is 0.263. The minimum Gasteiger partial charge on any atom is -0.487 e. The number of nitrogens with zero attached hydrogens (tertiary/aromatic N) is 3. The van der Waals surface area contributed by atoms with Crippen LogP contribution < -0.4 is 4.74 Å². The molecule has 0 radical (unpaired) electrons. The van der Waals surface area contributed by atoms with Gasteiger partial charge in [0.1, 0.15) is 18.0 Å². The Hall–Kier alpha value is -3.81. The number of imidazole rings is 1. The third-order valence-electron chi connectivity index (χ3n) is 4.93. The Kier molecular flexibility index (Phi) is 5.85. The molecule has 1 amide bonds. The number of pyridine rings is 1. The number of alkyl halides is 3. The number of hydrogen-bond acceptors (Lipinski definition) is 3. The first kappa shape index (κ1) is 21.4. The van der Waals surface area contributed by atoms with E-state index in [4.69, 9.17) is 4.74 Å². The molecular formula is C24H20F3N3O2. The minimum absolute atomic E-state index is 0.184. The number of fused-ring (bicyclic) bond motifs is 1. The van der Waals surface area contributed by atoms with Crippen LogP contribution in [0.4, 0.5) is 13.2 Å². The lowest BCUT2D eigenvalue weighted by atomic mass is 10.1. The van der Waals surface area contributed by atoms with E-state index in [1.54, 1.807) is 31.3 Å². The fourth-order valence-corrected chi connectivity index (χ4v) is 3.30. The van der Waals surface area contributed by atoms with E-state index in [-0.39, 0.29) is 19.1 Å². The highest BCUT2D eigenvalue weighted by molar-refractivity contribution is 5.94. The van der Waals surface area contributed by atoms with Crippen molar-refractivity contribution in [3.63, 3.8) is 0 Å². The molecule has 2 aromatic heterocycles. The van der Waals surface area contributed by atoms with Crippen LogP contribution in [-0.4, -0.2) is 27.2 Å². The SMILES string of the molecule is CN(Cc1ccc(C(F)(F)F)cc1)C(=O)c1cccc(OCc2cn3ccccc3n2)c1. The molecular weight excluding hydrogens is 419 g/mol. The van der Waals surface area contributed by atoms with E-state index in [0.717, 1.165) is 23.5 Å². The predicted octanol–water partition coefficient (Wildman–Crippen LogP) is 5.20. The molecule has 2 heterocycles. The zero-order valence-electron chi connectivity index (χ0n) is 17.2. The highest BCUT2D eigenvalue weighted by Crippen LogP contribution is 2.29. The van der Waals surface area contributed by atoms with Gasteiger partial charge in [0, 0.05) is 31.5 Å². The summed E-state index contributed by atoms with van der Waals surface area (Å²) >= 11 is 0. The average molecular weight is 439 g/mol. The quantitative estimate of drug-likeness (QED) is 0.415. The van der Waals surface area contributed by atoms with E-state index in [1.807, 2.05) is 35.0 Å². The second-order valence-corrected chi connectivity index (χ2v) is 7.37. The van der Waals surface area contributed by atoms with Crippen molar-refractivity contribution < 1.29 is 22.7 Å². The number of carbonyl (C=O) groups excluding carboxylic acids is 1. The number of aromatic nitrogens is 2. The number of carbonyl (C=O) groups is 1. The molecule has 8 heteroatoms. The molecule has 0 aliphatic heterocycles. The summed E-state index contributed by atoms with van der Waals surface area (Å²) < 4.78 is 45.8. The molecule has 164 valence electrons. The molecule has 0 saturated heterocycles. The molecule has 0 saturated carbocycles. The summed E-state index contributed by atoms with van der Waals surface area (Å²) in [5.41, 5.74) is 1.89. The summed E-state index contributed by atoms with van der Waals surface area (Å²) in [5, 5.41) is 0. The van der Waals surface area contributed by atoms with Crippen molar-refractivity contribution in [2.45, 2.75) is 19.3 Å². The zero-order valence-corrected chi connectivity index (χ0v) is 17.2. The lowest BCUT2D eigenvalue weighted by molar-refractivity contribution is -0.137. The first-order valence-electron chi connectivity index (χ1n) is 9.87. The molecule has 2 aromatic carbocycles. The summed E-state index contributed by atoms with van der Waals surface area (Å²) in [6.45, 7) is 0.435. The van der Waals surface area contributed by atoms with E-state index in [0.29, 0.717) is 16.9 Å². The first-order chi connectivity index (χ1) is 15.3. The van der Waals surface area contributed by atoms with Gasteiger partial charge in [-0.3, -0.25) is 4.79 Å². The Morgan fingerprint density at radius 3 is 2.56 bits per heavy atom. The van der Waals surface area contributed by atoms with E-state index in [9.17, 15) is 18.0 Å². The van der Waals surface area contributed by atoms with Crippen LogP contribution in [0.1, 0.15) is 27.2 Å². The van der Waals surface area contributed by atoms with Gasteiger partial charge >= 0.3 is 6.18 Å². The van der Waals surface area contributed by atoms with Gasteiger partial charge in [0.05, 0.1) is 11.3 Å². The largest absolute Gasteiger partial charge is 0.487 e. The molecule has 0 atom stereocenters. The van der Waals surface area contributed by atoms with Gasteiger partial charge in [0.25, 0.3) is 5.91 Å². The summed E-state index contributed by atoms with van der Waals surface area (Å²) in [7, 11) is 1.60. The standard InChI is InChI=1S/C24H20F3N3O2/c1-29(14-17-8-10-19(11-9-17)24(25,26)27)23(31)18-5-4-6-21(13-18)32-16-20-15-30-12-3-2-7-22(30)28-20/h2-13,15H,14,16H2,1H3. The molecule has 0 N–H and O–H groups in total. The molecule has 0 spiro atoms. The first-order valence-corrected chi connectivity index (χ1v) is 9.87. The maximum atomic E-state index is 12.8. The average Bonchev–Trinajstić information content (AvgIpc) is 3.20. The van der Waals surface area contributed by atoms with Crippen molar-refractivity contribution in [2.24, 2.45) is 0 Å². The second-order valence-electron chi connectivity index (χ2n) is 7.37. The molecule has 0 aliphatic carbocycles. The third-order valence-corrected chi connectivity index (χ3v) is 4.93. The van der Waals surface area contributed by atoms with Crippen molar-refractivity contribution in [3.8, 4) is 5.75 Å². The van der Waals surface area contributed by atoms with E-state index in [2.05, 4.69) is 4.98 Å². The van der Waals surface area contributed by atoms with Crippen molar-refractivity contribution in [2.75, 3.05) is 7.05 Å². The van der Waals surface area contributed by atoms with Gasteiger partial charge in [-0.1, -0.05) is 24.3 Å². The lowest BCUT2D eigenvalue weighted by Crippen LogP contribution is -2.26. The Bertz CT molecular complexity index is 1200. The van der Waals surface area contributed by atoms with Gasteiger partial charge < -0.3 is 14.0 Å². The van der Waals surface area contributed by atoms with Crippen LogP contribution in [0.5, 0.6) is 5.75 Å².